The molecule has 0 heterocycles. The molecule has 1 aliphatic carbocycles. The van der Waals surface area contributed by atoms with E-state index < -0.39 is 0 Å². The third-order valence-electron chi connectivity index (χ3n) is 2.76. The lowest BCUT2D eigenvalue weighted by atomic mass is 9.87. The molecule has 2 heteroatoms. The Labute approximate surface area is 88.4 Å². The highest BCUT2D eigenvalue weighted by molar-refractivity contribution is 6.32. The van der Waals surface area contributed by atoms with Gasteiger partial charge in [-0.3, -0.25) is 4.79 Å². The van der Waals surface area contributed by atoms with Gasteiger partial charge in [-0.05, 0) is 48.1 Å². The highest BCUT2D eigenvalue weighted by atomic mass is 35.5. The number of aldehydes is 1. The maximum absolute atomic E-state index is 10.8. The Kier molecular flexibility index (Phi) is 2.42. The summed E-state index contributed by atoms with van der Waals surface area (Å²) < 4.78 is 0. The number of fused-ring (bicyclic) bond motifs is 1. The Morgan fingerprint density at radius 3 is 2.86 bits per heavy atom. The van der Waals surface area contributed by atoms with E-state index >= 15 is 0 Å². The molecule has 0 spiro atoms. The summed E-state index contributed by atoms with van der Waals surface area (Å²) in [6.45, 7) is 1.97. The van der Waals surface area contributed by atoms with Gasteiger partial charge in [-0.1, -0.05) is 23.7 Å². The molecule has 0 atom stereocenters. The van der Waals surface area contributed by atoms with Crippen molar-refractivity contribution in [1.29, 1.82) is 0 Å². The minimum absolute atomic E-state index is 0.749. The van der Waals surface area contributed by atoms with Gasteiger partial charge in [0.15, 0.2) is 0 Å². The van der Waals surface area contributed by atoms with Crippen LogP contribution < -0.4 is 0 Å². The van der Waals surface area contributed by atoms with Crippen molar-refractivity contribution in [3.8, 4) is 0 Å². The molecule has 1 nitrogen and oxygen atoms in total. The van der Waals surface area contributed by atoms with E-state index in [2.05, 4.69) is 6.07 Å². The minimum Gasteiger partial charge on any atom is -0.298 e. The van der Waals surface area contributed by atoms with Crippen molar-refractivity contribution < 1.29 is 4.79 Å². The number of allylic oxidation sites excluding steroid dienone is 2. The fourth-order valence-electron chi connectivity index (χ4n) is 1.96. The third-order valence-corrected chi connectivity index (χ3v) is 3.08. The number of carbonyl (C=O) groups is 1. The molecule has 0 radical (unpaired) electrons. The fraction of sp³-hybridized carbons (Fsp3) is 0.250. The molecule has 0 fully saturated rings. The Hall–Kier alpha value is -1.08. The molecule has 14 heavy (non-hydrogen) atoms. The van der Waals surface area contributed by atoms with Gasteiger partial charge in [0.05, 0.1) is 0 Å². The standard InChI is InChI=1S/C12H11ClO/c1-8-10(7-14)6-5-9-3-2-4-11(13)12(8)9/h2-4,7H,5-6H2,1H3. The summed E-state index contributed by atoms with van der Waals surface area (Å²) in [6.07, 6.45) is 2.70. The molecule has 0 N–H and O–H groups in total. The summed E-state index contributed by atoms with van der Waals surface area (Å²) in [4.78, 5) is 10.8. The summed E-state index contributed by atoms with van der Waals surface area (Å²) in [5.41, 5.74) is 4.22. The van der Waals surface area contributed by atoms with Crippen LogP contribution in [0.3, 0.4) is 0 Å². The van der Waals surface area contributed by atoms with Crippen LogP contribution in [0.2, 0.25) is 5.02 Å². The molecule has 1 aromatic rings. The minimum atomic E-state index is 0.749. The summed E-state index contributed by atoms with van der Waals surface area (Å²) in [6, 6.07) is 5.91. The van der Waals surface area contributed by atoms with Gasteiger partial charge in [0.1, 0.15) is 6.29 Å². The Morgan fingerprint density at radius 1 is 1.36 bits per heavy atom. The van der Waals surface area contributed by atoms with Crippen molar-refractivity contribution in [1.82, 2.24) is 0 Å². The maximum Gasteiger partial charge on any atom is 0.146 e. The molecule has 1 aliphatic rings. The van der Waals surface area contributed by atoms with E-state index in [0.717, 1.165) is 40.9 Å². The first-order valence-electron chi connectivity index (χ1n) is 4.66. The quantitative estimate of drug-likeness (QED) is 0.645. The number of carbonyl (C=O) groups excluding carboxylic acids is 1. The lowest BCUT2D eigenvalue weighted by molar-refractivity contribution is -0.105. The monoisotopic (exact) mass is 206 g/mol. The van der Waals surface area contributed by atoms with Crippen molar-refractivity contribution in [3.05, 3.63) is 39.9 Å². The van der Waals surface area contributed by atoms with E-state index in [0.29, 0.717) is 0 Å². The van der Waals surface area contributed by atoms with Crippen LogP contribution in [-0.4, -0.2) is 6.29 Å². The number of rotatable bonds is 1. The fourth-order valence-corrected chi connectivity index (χ4v) is 2.30. The first-order chi connectivity index (χ1) is 6.74. The zero-order chi connectivity index (χ0) is 10.1. The van der Waals surface area contributed by atoms with Gasteiger partial charge in [0, 0.05) is 5.02 Å². The zero-order valence-corrected chi connectivity index (χ0v) is 8.77. The lowest BCUT2D eigenvalue weighted by Gasteiger charge is -2.19. The van der Waals surface area contributed by atoms with Crippen molar-refractivity contribution in [2.75, 3.05) is 0 Å². The van der Waals surface area contributed by atoms with E-state index in [1.165, 1.54) is 5.56 Å². The predicted molar refractivity (Wildman–Crippen MR) is 58.4 cm³/mol. The van der Waals surface area contributed by atoms with E-state index in [1.807, 2.05) is 19.1 Å². The van der Waals surface area contributed by atoms with Gasteiger partial charge in [0.2, 0.25) is 0 Å². The lowest BCUT2D eigenvalue weighted by Crippen LogP contribution is -2.04. The number of hydrogen-bond donors (Lipinski definition) is 0. The topological polar surface area (TPSA) is 17.1 Å². The second-order valence-corrected chi connectivity index (χ2v) is 3.95. The van der Waals surface area contributed by atoms with Gasteiger partial charge in [-0.25, -0.2) is 0 Å². The number of benzene rings is 1. The van der Waals surface area contributed by atoms with Gasteiger partial charge >= 0.3 is 0 Å². The SMILES string of the molecule is CC1=C(C=O)CCc2cccc(Cl)c21. The van der Waals surface area contributed by atoms with Crippen LogP contribution >= 0.6 is 11.6 Å². The summed E-state index contributed by atoms with van der Waals surface area (Å²) >= 11 is 6.11. The molecular formula is C12H11ClO. The number of hydrogen-bond acceptors (Lipinski definition) is 1. The second kappa shape index (κ2) is 3.58. The van der Waals surface area contributed by atoms with Crippen LogP contribution in [0.1, 0.15) is 24.5 Å². The molecule has 0 amide bonds. The first-order valence-corrected chi connectivity index (χ1v) is 5.04. The van der Waals surface area contributed by atoms with Gasteiger partial charge in [-0.2, -0.15) is 0 Å². The van der Waals surface area contributed by atoms with E-state index in [4.69, 9.17) is 11.6 Å². The van der Waals surface area contributed by atoms with Crippen molar-refractivity contribution in [2.45, 2.75) is 19.8 Å². The normalized spacial score (nSPS) is 15.3. The Balaban J connectivity index is 2.66. The largest absolute Gasteiger partial charge is 0.298 e. The molecule has 0 aliphatic heterocycles. The number of aryl methyl sites for hydroxylation is 1. The number of halogens is 1. The molecule has 2 rings (SSSR count). The first kappa shape index (κ1) is 9.47. The Morgan fingerprint density at radius 2 is 2.14 bits per heavy atom. The van der Waals surface area contributed by atoms with E-state index in [9.17, 15) is 4.79 Å². The molecule has 0 saturated heterocycles. The van der Waals surface area contributed by atoms with Crippen LogP contribution in [-0.2, 0) is 11.2 Å². The Bertz CT molecular complexity index is 418. The highest BCUT2D eigenvalue weighted by Gasteiger charge is 2.17. The second-order valence-electron chi connectivity index (χ2n) is 3.54. The maximum atomic E-state index is 10.8. The summed E-state index contributed by atoms with van der Waals surface area (Å²) in [5.74, 6) is 0. The molecule has 0 saturated carbocycles. The smallest absolute Gasteiger partial charge is 0.146 e. The van der Waals surface area contributed by atoms with Crippen LogP contribution in [0, 0.1) is 0 Å². The van der Waals surface area contributed by atoms with E-state index in [-0.39, 0.29) is 0 Å². The summed E-state index contributed by atoms with van der Waals surface area (Å²) in [7, 11) is 0. The highest BCUT2D eigenvalue weighted by Crippen LogP contribution is 2.34. The van der Waals surface area contributed by atoms with Crippen molar-refractivity contribution in [2.24, 2.45) is 0 Å². The molecule has 0 unspecified atom stereocenters. The third kappa shape index (κ3) is 1.38. The molecule has 72 valence electrons. The van der Waals surface area contributed by atoms with Crippen LogP contribution in [0.5, 0.6) is 0 Å². The van der Waals surface area contributed by atoms with Crippen LogP contribution in [0.4, 0.5) is 0 Å². The average molecular weight is 207 g/mol. The molecule has 1 aromatic carbocycles. The summed E-state index contributed by atoms with van der Waals surface area (Å²) in [5, 5.41) is 0.749. The molecular weight excluding hydrogens is 196 g/mol. The van der Waals surface area contributed by atoms with Gasteiger partial charge < -0.3 is 0 Å². The van der Waals surface area contributed by atoms with Crippen LogP contribution in [0.15, 0.2) is 23.8 Å². The van der Waals surface area contributed by atoms with Gasteiger partial charge in [0.25, 0.3) is 0 Å². The van der Waals surface area contributed by atoms with Crippen molar-refractivity contribution in [3.63, 3.8) is 0 Å². The predicted octanol–water partition coefficient (Wildman–Crippen LogP) is 3.26. The van der Waals surface area contributed by atoms with Crippen LogP contribution in [0.25, 0.3) is 5.57 Å². The average Bonchev–Trinajstić information content (AvgIpc) is 2.18. The molecule has 0 bridgehead atoms. The van der Waals surface area contributed by atoms with Crippen molar-refractivity contribution >= 4 is 23.5 Å². The van der Waals surface area contributed by atoms with E-state index in [1.54, 1.807) is 0 Å². The van der Waals surface area contributed by atoms with Gasteiger partial charge in [-0.15, -0.1) is 0 Å². The zero-order valence-electron chi connectivity index (χ0n) is 8.01. The molecule has 0 aromatic heterocycles.